The molecule has 4 saturated carbocycles. The maximum atomic E-state index is 12.7. The van der Waals surface area contributed by atoms with Gasteiger partial charge in [0, 0.05) is 3.57 Å². The number of hydrogen-bond donors (Lipinski definition) is 1. The third kappa shape index (κ3) is 3.50. The minimum Gasteiger partial charge on any atom is -0.459 e. The molecule has 0 spiro atoms. The summed E-state index contributed by atoms with van der Waals surface area (Å²) in [7, 11) is 0. The van der Waals surface area contributed by atoms with E-state index in [1.807, 2.05) is 24.3 Å². The van der Waals surface area contributed by atoms with Gasteiger partial charge in [-0.15, -0.1) is 0 Å². The van der Waals surface area contributed by atoms with Gasteiger partial charge < -0.3 is 9.84 Å². The Hall–Kier alpha value is -0.620. The summed E-state index contributed by atoms with van der Waals surface area (Å²) >= 11 is 2.24. The third-order valence-electron chi connectivity index (χ3n) is 10.5. The van der Waals surface area contributed by atoms with Crippen LogP contribution < -0.4 is 0 Å². The van der Waals surface area contributed by atoms with Crippen LogP contribution in [0, 0.1) is 38.1 Å². The minimum absolute atomic E-state index is 0.0565. The lowest BCUT2D eigenvalue weighted by Crippen LogP contribution is -2.56. The van der Waals surface area contributed by atoms with Crippen molar-refractivity contribution in [3.63, 3.8) is 0 Å². The molecule has 0 saturated heterocycles. The van der Waals surface area contributed by atoms with Crippen LogP contribution in [0.3, 0.4) is 0 Å². The van der Waals surface area contributed by atoms with Gasteiger partial charge in [-0.25, -0.2) is 4.79 Å². The highest BCUT2D eigenvalue weighted by Crippen LogP contribution is 2.68. The summed E-state index contributed by atoms with van der Waals surface area (Å²) in [5, 5.41) is 11.1. The zero-order valence-electron chi connectivity index (χ0n) is 19.2. The van der Waals surface area contributed by atoms with Crippen molar-refractivity contribution in [1.82, 2.24) is 0 Å². The molecule has 8 atom stereocenters. The monoisotopic (exact) mass is 536 g/mol. The molecule has 4 aliphatic rings. The van der Waals surface area contributed by atoms with E-state index in [1.54, 1.807) is 0 Å². The number of rotatable bonds is 2. The summed E-state index contributed by atoms with van der Waals surface area (Å²) in [5.74, 6) is 2.70. The van der Waals surface area contributed by atoms with Crippen molar-refractivity contribution in [1.29, 1.82) is 0 Å². The van der Waals surface area contributed by atoms with Gasteiger partial charge in [-0.3, -0.25) is 0 Å². The lowest BCUT2D eigenvalue weighted by atomic mass is 9.44. The topological polar surface area (TPSA) is 46.5 Å². The zero-order chi connectivity index (χ0) is 22.0. The summed E-state index contributed by atoms with van der Waals surface area (Å²) in [5.41, 5.74) is 0.631. The predicted octanol–water partition coefficient (Wildman–Crippen LogP) is 6.61. The molecule has 5 rings (SSSR count). The maximum Gasteiger partial charge on any atom is 0.338 e. The smallest absolute Gasteiger partial charge is 0.338 e. The van der Waals surface area contributed by atoms with Crippen molar-refractivity contribution in [2.45, 2.75) is 90.3 Å². The Balaban J connectivity index is 1.28. The average molecular weight is 536 g/mol. The summed E-state index contributed by atoms with van der Waals surface area (Å²) in [6.45, 7) is 7.01. The van der Waals surface area contributed by atoms with Gasteiger partial charge in [0.1, 0.15) is 6.10 Å². The van der Waals surface area contributed by atoms with E-state index in [0.29, 0.717) is 22.8 Å². The quantitative estimate of drug-likeness (QED) is 0.342. The fraction of sp³-hybridized carbons (Fsp3) is 0.741. The van der Waals surface area contributed by atoms with Crippen LogP contribution in [0.1, 0.15) is 88.9 Å². The van der Waals surface area contributed by atoms with Crippen LogP contribution in [0.4, 0.5) is 0 Å². The Kier molecular flexibility index (Phi) is 5.52. The van der Waals surface area contributed by atoms with E-state index < -0.39 is 5.60 Å². The average Bonchev–Trinajstić information content (AvgIpc) is 2.97. The van der Waals surface area contributed by atoms with Gasteiger partial charge in [0.2, 0.25) is 0 Å². The number of fused-ring (bicyclic) bond motifs is 5. The molecular formula is C27H37IO3. The first-order valence-electron chi connectivity index (χ1n) is 12.3. The van der Waals surface area contributed by atoms with E-state index in [0.717, 1.165) is 34.7 Å². The van der Waals surface area contributed by atoms with Crippen LogP contribution in [0.25, 0.3) is 0 Å². The highest BCUT2D eigenvalue weighted by atomic mass is 127. The number of benzene rings is 1. The van der Waals surface area contributed by atoms with Gasteiger partial charge in [-0.2, -0.15) is 0 Å². The molecule has 0 aromatic heterocycles. The summed E-state index contributed by atoms with van der Waals surface area (Å²) in [6, 6.07) is 7.70. The zero-order valence-corrected chi connectivity index (χ0v) is 21.4. The Morgan fingerprint density at radius 3 is 2.58 bits per heavy atom. The standard InChI is InChI=1S/C27H37IO3/c1-25-12-9-20(31-24(29)17-5-4-6-19(28)15-17)16-18(25)7-8-21-22(25)10-13-26(2)23(21)11-14-27(26,3)30/h4-6,15,18,20-23,30H,7-14,16H2,1-3H3/t18-,20+,21+,22-,23-,25-,26-,27-/m0/s1. The van der Waals surface area contributed by atoms with Crippen LogP contribution in [-0.2, 0) is 4.74 Å². The lowest BCUT2D eigenvalue weighted by Gasteiger charge is -2.61. The molecular weight excluding hydrogens is 499 g/mol. The molecule has 4 fully saturated rings. The third-order valence-corrected chi connectivity index (χ3v) is 11.2. The molecule has 1 aromatic carbocycles. The van der Waals surface area contributed by atoms with E-state index in [2.05, 4.69) is 43.4 Å². The van der Waals surface area contributed by atoms with Crippen molar-refractivity contribution in [2.24, 2.45) is 34.5 Å². The molecule has 4 aliphatic carbocycles. The number of aliphatic hydroxyl groups is 1. The van der Waals surface area contributed by atoms with Gasteiger partial charge in [-0.05, 0) is 140 Å². The molecule has 0 amide bonds. The van der Waals surface area contributed by atoms with Crippen LogP contribution in [0.5, 0.6) is 0 Å². The summed E-state index contributed by atoms with van der Waals surface area (Å²) in [6.07, 6.45) is 10.4. The molecule has 0 aliphatic heterocycles. The minimum atomic E-state index is -0.499. The number of esters is 1. The summed E-state index contributed by atoms with van der Waals surface area (Å²) < 4.78 is 7.07. The second-order valence-electron chi connectivity index (χ2n) is 11.7. The van der Waals surface area contributed by atoms with Gasteiger partial charge in [0.05, 0.1) is 11.2 Å². The summed E-state index contributed by atoms with van der Waals surface area (Å²) in [4.78, 5) is 12.7. The first-order valence-corrected chi connectivity index (χ1v) is 13.4. The van der Waals surface area contributed by atoms with Crippen molar-refractivity contribution >= 4 is 28.6 Å². The van der Waals surface area contributed by atoms with Gasteiger partial charge in [0.15, 0.2) is 0 Å². The number of ether oxygens (including phenoxy) is 1. The van der Waals surface area contributed by atoms with E-state index in [1.165, 1.54) is 38.5 Å². The normalized spacial score (nSPS) is 46.5. The first kappa shape index (κ1) is 22.2. The largest absolute Gasteiger partial charge is 0.459 e. The molecule has 0 unspecified atom stereocenters. The Bertz CT molecular complexity index is 866. The molecule has 170 valence electrons. The second-order valence-corrected chi connectivity index (χ2v) is 13.0. The number of halogens is 1. The SMILES string of the molecule is C[C@]12CC[C@@H](OC(=O)c3cccc(I)c3)C[C@@H]1CC[C@@H]1[C@@H]2CC[C@@]2(C)[C@H]1CC[C@]2(C)O. The molecule has 0 heterocycles. The number of carbonyl (C=O) groups is 1. The van der Waals surface area contributed by atoms with Crippen LogP contribution in [-0.4, -0.2) is 22.8 Å². The Labute approximate surface area is 200 Å². The van der Waals surface area contributed by atoms with Crippen LogP contribution in [0.2, 0.25) is 0 Å². The Morgan fingerprint density at radius 2 is 1.81 bits per heavy atom. The van der Waals surface area contributed by atoms with Crippen molar-refractivity contribution < 1.29 is 14.6 Å². The number of hydrogen-bond acceptors (Lipinski definition) is 3. The Morgan fingerprint density at radius 1 is 1.03 bits per heavy atom. The van der Waals surface area contributed by atoms with Crippen molar-refractivity contribution in [3.8, 4) is 0 Å². The molecule has 31 heavy (non-hydrogen) atoms. The first-order chi connectivity index (χ1) is 14.6. The van der Waals surface area contributed by atoms with E-state index >= 15 is 0 Å². The van der Waals surface area contributed by atoms with Crippen LogP contribution in [0.15, 0.2) is 24.3 Å². The van der Waals surface area contributed by atoms with Gasteiger partial charge in [-0.1, -0.05) is 19.9 Å². The van der Waals surface area contributed by atoms with Crippen LogP contribution >= 0.6 is 22.6 Å². The fourth-order valence-corrected chi connectivity index (χ4v) is 8.95. The second kappa shape index (κ2) is 7.72. The van der Waals surface area contributed by atoms with Crippen molar-refractivity contribution in [3.05, 3.63) is 33.4 Å². The molecule has 0 radical (unpaired) electrons. The molecule has 1 aromatic rings. The maximum absolute atomic E-state index is 12.7. The van der Waals surface area contributed by atoms with E-state index in [-0.39, 0.29) is 17.5 Å². The highest BCUT2D eigenvalue weighted by molar-refractivity contribution is 14.1. The fourth-order valence-electron chi connectivity index (χ4n) is 8.40. The predicted molar refractivity (Wildman–Crippen MR) is 131 cm³/mol. The highest BCUT2D eigenvalue weighted by Gasteiger charge is 2.63. The molecule has 0 bridgehead atoms. The lowest BCUT2D eigenvalue weighted by molar-refractivity contribution is -0.153. The molecule has 3 nitrogen and oxygen atoms in total. The van der Waals surface area contributed by atoms with Gasteiger partial charge >= 0.3 is 5.97 Å². The van der Waals surface area contributed by atoms with E-state index in [9.17, 15) is 9.90 Å². The van der Waals surface area contributed by atoms with Crippen molar-refractivity contribution in [2.75, 3.05) is 0 Å². The van der Waals surface area contributed by atoms with E-state index in [4.69, 9.17) is 4.74 Å². The number of carbonyl (C=O) groups excluding carboxylic acids is 1. The molecule has 4 heteroatoms. The molecule has 1 N–H and O–H groups in total. The van der Waals surface area contributed by atoms with Gasteiger partial charge in [0.25, 0.3) is 0 Å².